The van der Waals surface area contributed by atoms with E-state index in [-0.39, 0.29) is 5.91 Å². The standard InChI is InChI=1S/C26H37N5O3/c32-24(21-6-2-1-3-7-21)18-28-10-12-29(13-11-28)19-25-27-23(20-34-25)26(33)31-16-14-30(15-17-31)22-8-4-5-9-22/h1-3,6-7,20,22,24,32H,4-5,8-19H2/t24-/m0/s1. The number of rotatable bonds is 7. The van der Waals surface area contributed by atoms with Gasteiger partial charge in [0, 0.05) is 64.9 Å². The van der Waals surface area contributed by atoms with Crippen LogP contribution in [0.3, 0.4) is 0 Å². The first-order valence-electron chi connectivity index (χ1n) is 12.8. The van der Waals surface area contributed by atoms with Crippen LogP contribution in [0.15, 0.2) is 41.0 Å². The number of β-amino-alcohol motifs (C(OH)–C–C–N with tert-alkyl or cyclic N) is 1. The molecule has 3 heterocycles. The lowest BCUT2D eigenvalue weighted by Gasteiger charge is -2.37. The van der Waals surface area contributed by atoms with E-state index >= 15 is 0 Å². The first-order valence-corrected chi connectivity index (χ1v) is 12.8. The molecule has 2 aromatic rings. The van der Waals surface area contributed by atoms with Gasteiger partial charge in [0.1, 0.15) is 6.26 Å². The molecule has 1 saturated carbocycles. The van der Waals surface area contributed by atoms with Gasteiger partial charge in [0.05, 0.1) is 12.6 Å². The van der Waals surface area contributed by atoms with E-state index in [0.29, 0.717) is 24.7 Å². The van der Waals surface area contributed by atoms with Crippen LogP contribution in [0.5, 0.6) is 0 Å². The molecule has 1 N–H and O–H groups in total. The molecule has 1 aromatic carbocycles. The molecule has 8 heteroatoms. The van der Waals surface area contributed by atoms with Crippen molar-refractivity contribution in [3.63, 3.8) is 0 Å². The number of aliphatic hydroxyl groups excluding tert-OH is 1. The molecule has 1 amide bonds. The van der Waals surface area contributed by atoms with Crippen LogP contribution in [0.4, 0.5) is 0 Å². The maximum atomic E-state index is 12.9. The summed E-state index contributed by atoms with van der Waals surface area (Å²) in [4.78, 5) is 26.5. The quantitative estimate of drug-likeness (QED) is 0.669. The first kappa shape index (κ1) is 23.5. The number of aliphatic hydroxyl groups is 1. The number of amides is 1. The highest BCUT2D eigenvalue weighted by atomic mass is 16.3. The summed E-state index contributed by atoms with van der Waals surface area (Å²) >= 11 is 0. The minimum absolute atomic E-state index is 0.0132. The van der Waals surface area contributed by atoms with Gasteiger partial charge in [-0.1, -0.05) is 43.2 Å². The third-order valence-corrected chi connectivity index (χ3v) is 7.65. The number of oxazole rings is 1. The van der Waals surface area contributed by atoms with Gasteiger partial charge in [-0.05, 0) is 18.4 Å². The van der Waals surface area contributed by atoms with Crippen LogP contribution >= 0.6 is 0 Å². The molecule has 1 atom stereocenters. The highest BCUT2D eigenvalue weighted by molar-refractivity contribution is 5.92. The van der Waals surface area contributed by atoms with E-state index in [1.54, 1.807) is 0 Å². The highest BCUT2D eigenvalue weighted by Gasteiger charge is 2.29. The average molecular weight is 468 g/mol. The average Bonchev–Trinajstić information content (AvgIpc) is 3.58. The fourth-order valence-electron chi connectivity index (χ4n) is 5.55. The van der Waals surface area contributed by atoms with Crippen molar-refractivity contribution in [2.24, 2.45) is 0 Å². The second-order valence-corrected chi connectivity index (χ2v) is 9.90. The summed E-state index contributed by atoms with van der Waals surface area (Å²) in [6, 6.07) is 10.5. The Morgan fingerprint density at radius 1 is 0.971 bits per heavy atom. The summed E-state index contributed by atoms with van der Waals surface area (Å²) in [6.45, 7) is 8.27. The zero-order valence-corrected chi connectivity index (χ0v) is 20.0. The van der Waals surface area contributed by atoms with Crippen molar-refractivity contribution in [2.45, 2.75) is 44.4 Å². The van der Waals surface area contributed by atoms with Crippen molar-refractivity contribution >= 4 is 5.91 Å². The molecule has 184 valence electrons. The molecule has 0 spiro atoms. The van der Waals surface area contributed by atoms with E-state index in [0.717, 1.165) is 64.0 Å². The molecule has 2 aliphatic heterocycles. The van der Waals surface area contributed by atoms with Gasteiger partial charge in [-0.2, -0.15) is 0 Å². The van der Waals surface area contributed by atoms with E-state index in [9.17, 15) is 9.90 Å². The summed E-state index contributed by atoms with van der Waals surface area (Å²) in [5, 5.41) is 10.5. The lowest BCUT2D eigenvalue weighted by atomic mass is 10.1. The van der Waals surface area contributed by atoms with Gasteiger partial charge in [-0.3, -0.25) is 19.5 Å². The molecule has 2 saturated heterocycles. The van der Waals surface area contributed by atoms with Gasteiger partial charge in [-0.25, -0.2) is 4.98 Å². The minimum Gasteiger partial charge on any atom is -0.447 e. The number of hydrogen-bond donors (Lipinski definition) is 1. The maximum Gasteiger partial charge on any atom is 0.275 e. The second kappa shape index (κ2) is 11.0. The zero-order valence-electron chi connectivity index (χ0n) is 20.0. The fourth-order valence-corrected chi connectivity index (χ4v) is 5.55. The van der Waals surface area contributed by atoms with Crippen LogP contribution in [-0.2, 0) is 6.54 Å². The van der Waals surface area contributed by atoms with Crippen molar-refractivity contribution in [3.8, 4) is 0 Å². The second-order valence-electron chi connectivity index (χ2n) is 9.90. The minimum atomic E-state index is -0.465. The highest BCUT2D eigenvalue weighted by Crippen LogP contribution is 2.24. The molecule has 1 aromatic heterocycles. The molecular formula is C26H37N5O3. The lowest BCUT2D eigenvalue weighted by Crippen LogP contribution is -2.51. The predicted molar refractivity (Wildman–Crippen MR) is 129 cm³/mol. The molecule has 0 radical (unpaired) electrons. The zero-order chi connectivity index (χ0) is 23.3. The number of aromatic nitrogens is 1. The van der Waals surface area contributed by atoms with Gasteiger partial charge in [0.15, 0.2) is 5.69 Å². The van der Waals surface area contributed by atoms with Gasteiger partial charge >= 0.3 is 0 Å². The SMILES string of the molecule is O=C(c1coc(CN2CCN(C[C@H](O)c3ccccc3)CC2)n1)N1CCN(C2CCCC2)CC1. The third kappa shape index (κ3) is 5.68. The summed E-state index contributed by atoms with van der Waals surface area (Å²) in [5.74, 6) is 0.589. The Hall–Kier alpha value is -2.26. The normalized spacial score (nSPS) is 22.3. The van der Waals surface area contributed by atoms with Crippen molar-refractivity contribution < 1.29 is 14.3 Å². The maximum absolute atomic E-state index is 12.9. The smallest absolute Gasteiger partial charge is 0.275 e. The number of benzene rings is 1. The number of nitrogens with zero attached hydrogens (tertiary/aromatic N) is 5. The molecule has 3 aliphatic rings. The Bertz CT molecular complexity index is 914. The van der Waals surface area contributed by atoms with Crippen molar-refractivity contribution in [1.82, 2.24) is 24.6 Å². The Morgan fingerprint density at radius 2 is 1.65 bits per heavy atom. The summed E-state index contributed by atoms with van der Waals surface area (Å²) in [6.07, 6.45) is 6.36. The largest absolute Gasteiger partial charge is 0.447 e. The predicted octanol–water partition coefficient (Wildman–Crippen LogP) is 2.23. The first-order chi connectivity index (χ1) is 16.7. The Labute approximate surface area is 202 Å². The third-order valence-electron chi connectivity index (χ3n) is 7.65. The van der Waals surface area contributed by atoms with E-state index in [1.807, 2.05) is 35.2 Å². The van der Waals surface area contributed by atoms with Gasteiger partial charge < -0.3 is 14.4 Å². The molecule has 5 rings (SSSR count). The van der Waals surface area contributed by atoms with Gasteiger partial charge in [0.2, 0.25) is 5.89 Å². The fraction of sp³-hybridized carbons (Fsp3) is 0.615. The molecule has 0 bridgehead atoms. The van der Waals surface area contributed by atoms with Crippen LogP contribution in [0, 0.1) is 0 Å². The number of piperazine rings is 2. The monoisotopic (exact) mass is 467 g/mol. The van der Waals surface area contributed by atoms with Crippen LogP contribution in [-0.4, -0.2) is 101 Å². The van der Waals surface area contributed by atoms with E-state index < -0.39 is 6.10 Å². The molecule has 1 aliphatic carbocycles. The molecular weight excluding hydrogens is 430 g/mol. The van der Waals surface area contributed by atoms with Gasteiger partial charge in [-0.15, -0.1) is 0 Å². The van der Waals surface area contributed by atoms with Crippen LogP contribution in [0.25, 0.3) is 0 Å². The van der Waals surface area contributed by atoms with Gasteiger partial charge in [0.25, 0.3) is 5.91 Å². The number of carbonyl (C=O) groups excluding carboxylic acids is 1. The van der Waals surface area contributed by atoms with E-state index in [1.165, 1.54) is 31.9 Å². The molecule has 34 heavy (non-hydrogen) atoms. The van der Waals surface area contributed by atoms with Crippen molar-refractivity contribution in [1.29, 1.82) is 0 Å². The van der Waals surface area contributed by atoms with E-state index in [4.69, 9.17) is 4.42 Å². The Morgan fingerprint density at radius 3 is 2.35 bits per heavy atom. The molecule has 8 nitrogen and oxygen atoms in total. The lowest BCUT2D eigenvalue weighted by molar-refractivity contribution is 0.0567. The number of hydrogen-bond acceptors (Lipinski definition) is 7. The molecule has 3 fully saturated rings. The van der Waals surface area contributed by atoms with Crippen molar-refractivity contribution in [3.05, 3.63) is 53.7 Å². The van der Waals surface area contributed by atoms with E-state index in [2.05, 4.69) is 19.7 Å². The van der Waals surface area contributed by atoms with Crippen LogP contribution in [0.1, 0.15) is 53.7 Å². The Balaban J connectivity index is 1.06. The number of carbonyl (C=O) groups is 1. The summed E-state index contributed by atoms with van der Waals surface area (Å²) in [7, 11) is 0. The van der Waals surface area contributed by atoms with Crippen molar-refractivity contribution in [2.75, 3.05) is 58.9 Å². The Kier molecular flexibility index (Phi) is 7.59. The summed E-state index contributed by atoms with van der Waals surface area (Å²) < 4.78 is 5.67. The van der Waals surface area contributed by atoms with Crippen LogP contribution in [0.2, 0.25) is 0 Å². The van der Waals surface area contributed by atoms with Crippen LogP contribution < -0.4 is 0 Å². The molecule has 0 unspecified atom stereocenters. The topological polar surface area (TPSA) is 76.3 Å². The summed E-state index contributed by atoms with van der Waals surface area (Å²) in [5.41, 5.74) is 1.38.